The molecule has 0 bridgehead atoms. The average molecular weight is 234 g/mol. The minimum Gasteiger partial charge on any atom is -0.360 e. The van der Waals surface area contributed by atoms with Gasteiger partial charge < -0.3 is 9.84 Å². The lowest BCUT2D eigenvalue weighted by molar-refractivity contribution is 0.369. The van der Waals surface area contributed by atoms with E-state index in [-0.39, 0.29) is 5.82 Å². The van der Waals surface area contributed by atoms with E-state index in [0.717, 1.165) is 22.6 Å². The van der Waals surface area contributed by atoms with Crippen molar-refractivity contribution in [3.05, 3.63) is 52.7 Å². The summed E-state index contributed by atoms with van der Waals surface area (Å²) < 4.78 is 18.1. The summed E-state index contributed by atoms with van der Waals surface area (Å²) in [7, 11) is 0. The second-order valence-electron chi connectivity index (χ2n) is 4.11. The van der Waals surface area contributed by atoms with E-state index in [1.54, 1.807) is 12.1 Å². The third-order valence-electron chi connectivity index (χ3n) is 2.60. The van der Waals surface area contributed by atoms with Crippen LogP contribution in [0.25, 0.3) is 0 Å². The summed E-state index contributed by atoms with van der Waals surface area (Å²) in [5.74, 6) is 0.583. The minimum absolute atomic E-state index is 0.206. The summed E-state index contributed by atoms with van der Waals surface area (Å²) in [5, 5.41) is 7.00. The zero-order valence-corrected chi connectivity index (χ0v) is 9.96. The van der Waals surface area contributed by atoms with Crippen molar-refractivity contribution in [2.24, 2.45) is 0 Å². The standard InChI is InChI=1S/C13H15FN2O/c1-9-3-4-12(14)6-11(9)7-15-8-13-5-10(2)16-17-13/h3-6,15H,7-8H2,1-2H3. The molecule has 90 valence electrons. The lowest BCUT2D eigenvalue weighted by Gasteiger charge is -2.06. The molecule has 0 aliphatic heterocycles. The molecule has 0 aliphatic rings. The molecule has 1 aromatic carbocycles. The Morgan fingerprint density at radius 2 is 2.06 bits per heavy atom. The second kappa shape index (κ2) is 5.10. The van der Waals surface area contributed by atoms with Gasteiger partial charge in [-0.3, -0.25) is 0 Å². The zero-order valence-electron chi connectivity index (χ0n) is 9.96. The Bertz CT molecular complexity index is 508. The third-order valence-corrected chi connectivity index (χ3v) is 2.60. The molecule has 0 saturated carbocycles. The van der Waals surface area contributed by atoms with Crippen molar-refractivity contribution < 1.29 is 8.91 Å². The van der Waals surface area contributed by atoms with Crippen LogP contribution in [0, 0.1) is 19.7 Å². The van der Waals surface area contributed by atoms with Gasteiger partial charge >= 0.3 is 0 Å². The van der Waals surface area contributed by atoms with E-state index in [2.05, 4.69) is 10.5 Å². The molecule has 0 atom stereocenters. The predicted octanol–water partition coefficient (Wildman–Crippen LogP) is 2.72. The first-order chi connectivity index (χ1) is 8.15. The highest BCUT2D eigenvalue weighted by atomic mass is 19.1. The van der Waals surface area contributed by atoms with Crippen molar-refractivity contribution in [2.45, 2.75) is 26.9 Å². The summed E-state index contributed by atoms with van der Waals surface area (Å²) in [6.45, 7) is 5.05. The number of hydrogen-bond donors (Lipinski definition) is 1. The molecule has 3 nitrogen and oxygen atoms in total. The Hall–Kier alpha value is -1.68. The Morgan fingerprint density at radius 3 is 2.76 bits per heavy atom. The van der Waals surface area contributed by atoms with Crippen molar-refractivity contribution in [2.75, 3.05) is 0 Å². The molecule has 0 spiro atoms. The van der Waals surface area contributed by atoms with Crippen LogP contribution in [0.15, 0.2) is 28.8 Å². The largest absolute Gasteiger partial charge is 0.360 e. The van der Waals surface area contributed by atoms with E-state index in [9.17, 15) is 4.39 Å². The molecule has 4 heteroatoms. The fourth-order valence-electron chi connectivity index (χ4n) is 1.65. The van der Waals surface area contributed by atoms with Gasteiger partial charge in [-0.25, -0.2) is 4.39 Å². The fourth-order valence-corrected chi connectivity index (χ4v) is 1.65. The summed E-state index contributed by atoms with van der Waals surface area (Å²) in [4.78, 5) is 0. The van der Waals surface area contributed by atoms with Gasteiger partial charge in [0.05, 0.1) is 12.2 Å². The van der Waals surface area contributed by atoms with E-state index in [4.69, 9.17) is 4.52 Å². The number of hydrogen-bond acceptors (Lipinski definition) is 3. The van der Waals surface area contributed by atoms with Crippen LogP contribution in [0.5, 0.6) is 0 Å². The number of rotatable bonds is 4. The predicted molar refractivity (Wildman–Crippen MR) is 62.9 cm³/mol. The maximum absolute atomic E-state index is 13.0. The van der Waals surface area contributed by atoms with Gasteiger partial charge in [-0.05, 0) is 37.1 Å². The summed E-state index contributed by atoms with van der Waals surface area (Å²) >= 11 is 0. The van der Waals surface area contributed by atoms with Crippen molar-refractivity contribution >= 4 is 0 Å². The van der Waals surface area contributed by atoms with E-state index in [1.807, 2.05) is 19.9 Å². The number of nitrogens with zero attached hydrogens (tertiary/aromatic N) is 1. The minimum atomic E-state index is -0.206. The molecule has 17 heavy (non-hydrogen) atoms. The maximum atomic E-state index is 13.0. The van der Waals surface area contributed by atoms with E-state index in [1.165, 1.54) is 6.07 Å². The summed E-state index contributed by atoms with van der Waals surface area (Å²) in [6, 6.07) is 6.68. The van der Waals surface area contributed by atoms with Crippen molar-refractivity contribution in [3.63, 3.8) is 0 Å². The van der Waals surface area contributed by atoms with E-state index < -0.39 is 0 Å². The summed E-state index contributed by atoms with van der Waals surface area (Å²) in [6.07, 6.45) is 0. The van der Waals surface area contributed by atoms with Gasteiger partial charge in [0.25, 0.3) is 0 Å². The maximum Gasteiger partial charge on any atom is 0.150 e. The van der Waals surface area contributed by atoms with Gasteiger partial charge in [0, 0.05) is 12.6 Å². The number of benzene rings is 1. The smallest absolute Gasteiger partial charge is 0.150 e. The van der Waals surface area contributed by atoms with Gasteiger partial charge in [0.15, 0.2) is 5.76 Å². The first-order valence-corrected chi connectivity index (χ1v) is 5.53. The molecule has 0 saturated heterocycles. The second-order valence-corrected chi connectivity index (χ2v) is 4.11. The van der Waals surface area contributed by atoms with Crippen LogP contribution < -0.4 is 5.32 Å². The average Bonchev–Trinajstić information content (AvgIpc) is 2.69. The monoisotopic (exact) mass is 234 g/mol. The lowest BCUT2D eigenvalue weighted by atomic mass is 10.1. The number of halogens is 1. The van der Waals surface area contributed by atoms with Crippen LogP contribution in [0.3, 0.4) is 0 Å². The molecule has 2 aromatic rings. The van der Waals surface area contributed by atoms with Gasteiger partial charge in [-0.1, -0.05) is 11.2 Å². The van der Waals surface area contributed by atoms with Crippen LogP contribution in [0.1, 0.15) is 22.6 Å². The van der Waals surface area contributed by atoms with E-state index >= 15 is 0 Å². The third kappa shape index (κ3) is 3.14. The number of aryl methyl sites for hydroxylation is 2. The molecule has 1 N–H and O–H groups in total. The van der Waals surface area contributed by atoms with Crippen LogP contribution in [0.2, 0.25) is 0 Å². The van der Waals surface area contributed by atoms with Crippen molar-refractivity contribution in [1.82, 2.24) is 10.5 Å². The highest BCUT2D eigenvalue weighted by molar-refractivity contribution is 5.26. The Morgan fingerprint density at radius 1 is 1.24 bits per heavy atom. The zero-order chi connectivity index (χ0) is 12.3. The molecular formula is C13H15FN2O. The number of nitrogens with one attached hydrogen (secondary N) is 1. The SMILES string of the molecule is Cc1cc(CNCc2cc(F)ccc2C)on1. The van der Waals surface area contributed by atoms with Gasteiger partial charge in [0.1, 0.15) is 5.82 Å². The highest BCUT2D eigenvalue weighted by Crippen LogP contribution is 2.10. The highest BCUT2D eigenvalue weighted by Gasteiger charge is 2.02. The molecule has 1 heterocycles. The summed E-state index contributed by atoms with van der Waals surface area (Å²) in [5.41, 5.74) is 2.90. The molecule has 0 amide bonds. The Kier molecular flexibility index (Phi) is 3.54. The molecule has 0 radical (unpaired) electrons. The lowest BCUT2D eigenvalue weighted by Crippen LogP contribution is -2.13. The van der Waals surface area contributed by atoms with Gasteiger partial charge in [-0.2, -0.15) is 0 Å². The molecule has 1 aromatic heterocycles. The Labute approximate surface area is 99.6 Å². The van der Waals surface area contributed by atoms with Crippen LogP contribution in [0.4, 0.5) is 4.39 Å². The quantitative estimate of drug-likeness (QED) is 0.883. The van der Waals surface area contributed by atoms with E-state index in [0.29, 0.717) is 13.1 Å². The van der Waals surface area contributed by atoms with Crippen LogP contribution in [-0.4, -0.2) is 5.16 Å². The van der Waals surface area contributed by atoms with Crippen molar-refractivity contribution in [3.8, 4) is 0 Å². The van der Waals surface area contributed by atoms with Gasteiger partial charge in [0.2, 0.25) is 0 Å². The van der Waals surface area contributed by atoms with Gasteiger partial charge in [-0.15, -0.1) is 0 Å². The first kappa shape index (κ1) is 11.8. The van der Waals surface area contributed by atoms with Crippen molar-refractivity contribution in [1.29, 1.82) is 0 Å². The Balaban J connectivity index is 1.91. The van der Waals surface area contributed by atoms with Crippen LogP contribution in [-0.2, 0) is 13.1 Å². The fraction of sp³-hybridized carbons (Fsp3) is 0.308. The molecular weight excluding hydrogens is 219 g/mol. The topological polar surface area (TPSA) is 38.1 Å². The number of aromatic nitrogens is 1. The molecule has 0 fully saturated rings. The molecule has 0 unspecified atom stereocenters. The molecule has 0 aliphatic carbocycles. The normalized spacial score (nSPS) is 10.8. The molecule has 2 rings (SSSR count). The van der Waals surface area contributed by atoms with Crippen LogP contribution >= 0.6 is 0 Å². The first-order valence-electron chi connectivity index (χ1n) is 5.53.